The number of nitrogens with zero attached hydrogens (tertiary/aromatic N) is 2. The molecular formula is C21H21BrN4O3. The van der Waals surface area contributed by atoms with Crippen LogP contribution in [0.2, 0.25) is 0 Å². The summed E-state index contributed by atoms with van der Waals surface area (Å²) < 4.78 is 2.08. The Labute approximate surface area is 176 Å². The van der Waals surface area contributed by atoms with Gasteiger partial charge in [-0.15, -0.1) is 0 Å². The Morgan fingerprint density at radius 1 is 1.00 bits per heavy atom. The second kappa shape index (κ2) is 9.47. The zero-order chi connectivity index (χ0) is 20.8. The van der Waals surface area contributed by atoms with Gasteiger partial charge in [-0.25, -0.2) is 4.68 Å². The molecule has 29 heavy (non-hydrogen) atoms. The molecule has 2 aromatic carbocycles. The lowest BCUT2D eigenvalue weighted by Crippen LogP contribution is -2.42. The zero-order valence-electron chi connectivity index (χ0n) is 15.9. The first-order valence-corrected chi connectivity index (χ1v) is 10.2. The zero-order valence-corrected chi connectivity index (χ0v) is 17.5. The van der Waals surface area contributed by atoms with Crippen molar-refractivity contribution in [2.75, 3.05) is 0 Å². The molecule has 3 aromatic rings. The van der Waals surface area contributed by atoms with E-state index in [-0.39, 0.29) is 11.3 Å². The smallest absolute Gasteiger partial charge is 0.267 e. The van der Waals surface area contributed by atoms with Gasteiger partial charge < -0.3 is 0 Å². The highest BCUT2D eigenvalue weighted by atomic mass is 79.9. The minimum absolute atomic E-state index is 0.0891. The van der Waals surface area contributed by atoms with Gasteiger partial charge in [0.15, 0.2) is 5.69 Å². The maximum absolute atomic E-state index is 12.7. The van der Waals surface area contributed by atoms with Crippen molar-refractivity contribution in [2.24, 2.45) is 0 Å². The average Bonchev–Trinajstić information content (AvgIpc) is 2.73. The molecule has 0 bridgehead atoms. The SMILES string of the molecule is CCCCCn1nc(C(=O)NNC(=O)c2cccc(Br)c2)c2ccccc2c1=O. The van der Waals surface area contributed by atoms with Crippen molar-refractivity contribution < 1.29 is 9.59 Å². The maximum Gasteiger partial charge on any atom is 0.290 e. The molecule has 1 heterocycles. The Kier molecular flexibility index (Phi) is 6.77. The molecule has 0 spiro atoms. The van der Waals surface area contributed by atoms with E-state index in [1.807, 2.05) is 0 Å². The van der Waals surface area contributed by atoms with Crippen LogP contribution in [0.5, 0.6) is 0 Å². The molecule has 0 radical (unpaired) electrons. The van der Waals surface area contributed by atoms with E-state index in [4.69, 9.17) is 0 Å². The van der Waals surface area contributed by atoms with Crippen LogP contribution in [0.3, 0.4) is 0 Å². The number of nitrogens with one attached hydrogen (secondary N) is 2. The normalized spacial score (nSPS) is 10.7. The van der Waals surface area contributed by atoms with Crippen molar-refractivity contribution >= 4 is 38.5 Å². The number of benzene rings is 2. The van der Waals surface area contributed by atoms with Crippen LogP contribution in [-0.4, -0.2) is 21.6 Å². The molecular weight excluding hydrogens is 436 g/mol. The average molecular weight is 457 g/mol. The highest BCUT2D eigenvalue weighted by Gasteiger charge is 2.17. The van der Waals surface area contributed by atoms with Gasteiger partial charge in [-0.3, -0.25) is 25.2 Å². The first-order valence-electron chi connectivity index (χ1n) is 9.37. The van der Waals surface area contributed by atoms with Crippen LogP contribution >= 0.6 is 15.9 Å². The molecule has 0 unspecified atom stereocenters. The van der Waals surface area contributed by atoms with E-state index in [1.165, 1.54) is 4.68 Å². The minimum Gasteiger partial charge on any atom is -0.267 e. The van der Waals surface area contributed by atoms with Crippen molar-refractivity contribution in [3.63, 3.8) is 0 Å². The fourth-order valence-corrected chi connectivity index (χ4v) is 3.34. The van der Waals surface area contributed by atoms with Crippen LogP contribution in [0.15, 0.2) is 57.8 Å². The van der Waals surface area contributed by atoms with Gasteiger partial charge in [0.05, 0.1) is 5.39 Å². The molecule has 150 valence electrons. The standard InChI is InChI=1S/C21H21BrN4O3/c1-2-3-6-12-26-21(29)17-11-5-4-10-16(17)18(25-26)20(28)24-23-19(27)14-8-7-9-15(22)13-14/h4-5,7-11,13H,2-3,6,12H2,1H3,(H,23,27)(H,24,28). The first-order chi connectivity index (χ1) is 14.0. The second-order valence-electron chi connectivity index (χ2n) is 6.55. The third-order valence-electron chi connectivity index (χ3n) is 4.43. The monoisotopic (exact) mass is 456 g/mol. The van der Waals surface area contributed by atoms with Gasteiger partial charge in [-0.1, -0.05) is 60.0 Å². The number of hydrogen-bond acceptors (Lipinski definition) is 4. The molecule has 3 rings (SSSR count). The fraction of sp³-hybridized carbons (Fsp3) is 0.238. The Bertz CT molecular complexity index is 1110. The Morgan fingerprint density at radius 3 is 2.45 bits per heavy atom. The Hall–Kier alpha value is -3.00. The van der Waals surface area contributed by atoms with Crippen LogP contribution in [-0.2, 0) is 6.54 Å². The van der Waals surface area contributed by atoms with E-state index in [9.17, 15) is 14.4 Å². The summed E-state index contributed by atoms with van der Waals surface area (Å²) in [6.07, 6.45) is 2.77. The number of hydrogen-bond donors (Lipinski definition) is 2. The van der Waals surface area contributed by atoms with Gasteiger partial charge in [0.2, 0.25) is 0 Å². The molecule has 0 atom stereocenters. The van der Waals surface area contributed by atoms with Crippen LogP contribution in [0.1, 0.15) is 47.0 Å². The number of carbonyl (C=O) groups excluding carboxylic acids is 2. The maximum atomic E-state index is 12.7. The van der Waals surface area contributed by atoms with Gasteiger partial charge in [-0.05, 0) is 30.7 Å². The van der Waals surface area contributed by atoms with Gasteiger partial charge in [0.25, 0.3) is 17.4 Å². The number of amides is 2. The third-order valence-corrected chi connectivity index (χ3v) is 4.93. The molecule has 8 heteroatoms. The molecule has 0 fully saturated rings. The number of hydrazine groups is 1. The molecule has 1 aromatic heterocycles. The number of aromatic nitrogens is 2. The quantitative estimate of drug-likeness (QED) is 0.438. The number of rotatable bonds is 6. The topological polar surface area (TPSA) is 93.1 Å². The molecule has 0 aliphatic rings. The predicted octanol–water partition coefficient (Wildman–Crippen LogP) is 3.42. The predicted molar refractivity (Wildman–Crippen MR) is 115 cm³/mol. The Morgan fingerprint density at radius 2 is 1.72 bits per heavy atom. The van der Waals surface area contributed by atoms with E-state index >= 15 is 0 Å². The molecule has 2 amide bonds. The molecule has 0 aliphatic heterocycles. The van der Waals surface area contributed by atoms with Crippen LogP contribution in [0.25, 0.3) is 10.8 Å². The summed E-state index contributed by atoms with van der Waals surface area (Å²) in [7, 11) is 0. The second-order valence-corrected chi connectivity index (χ2v) is 7.46. The number of fused-ring (bicyclic) bond motifs is 1. The van der Waals surface area contributed by atoms with Crippen LogP contribution in [0, 0.1) is 0 Å². The summed E-state index contributed by atoms with van der Waals surface area (Å²) in [6, 6.07) is 13.6. The Balaban J connectivity index is 1.85. The van der Waals surface area contributed by atoms with Crippen molar-refractivity contribution in [2.45, 2.75) is 32.7 Å². The highest BCUT2D eigenvalue weighted by molar-refractivity contribution is 9.10. The van der Waals surface area contributed by atoms with Gasteiger partial charge in [0.1, 0.15) is 0 Å². The molecule has 0 saturated carbocycles. The summed E-state index contributed by atoms with van der Waals surface area (Å²) in [6.45, 7) is 2.51. The third kappa shape index (κ3) is 4.89. The van der Waals surface area contributed by atoms with E-state index in [2.05, 4.69) is 38.8 Å². The van der Waals surface area contributed by atoms with Gasteiger partial charge >= 0.3 is 0 Å². The highest BCUT2D eigenvalue weighted by Crippen LogP contribution is 2.14. The summed E-state index contributed by atoms with van der Waals surface area (Å²) in [4.78, 5) is 37.7. The number of halogens is 1. The lowest BCUT2D eigenvalue weighted by molar-refractivity contribution is 0.0843. The van der Waals surface area contributed by atoms with Gasteiger partial charge in [0, 0.05) is 22.0 Å². The van der Waals surface area contributed by atoms with Gasteiger partial charge in [-0.2, -0.15) is 5.10 Å². The lowest BCUT2D eigenvalue weighted by Gasteiger charge is -2.12. The minimum atomic E-state index is -0.589. The number of unbranched alkanes of at least 4 members (excludes halogenated alkanes) is 2. The van der Waals surface area contributed by atoms with Crippen molar-refractivity contribution in [3.05, 3.63) is 74.6 Å². The summed E-state index contributed by atoms with van der Waals surface area (Å²) >= 11 is 3.31. The molecule has 0 saturated heterocycles. The largest absolute Gasteiger partial charge is 0.290 e. The molecule has 0 aliphatic carbocycles. The summed E-state index contributed by atoms with van der Waals surface area (Å²) in [5.41, 5.74) is 5.03. The van der Waals surface area contributed by atoms with Crippen molar-refractivity contribution in [1.82, 2.24) is 20.6 Å². The summed E-state index contributed by atoms with van der Waals surface area (Å²) in [5.74, 6) is -1.05. The van der Waals surface area contributed by atoms with Crippen molar-refractivity contribution in [3.8, 4) is 0 Å². The van der Waals surface area contributed by atoms with Crippen molar-refractivity contribution in [1.29, 1.82) is 0 Å². The molecule has 7 nitrogen and oxygen atoms in total. The van der Waals surface area contributed by atoms with E-state index < -0.39 is 11.8 Å². The fourth-order valence-electron chi connectivity index (χ4n) is 2.94. The summed E-state index contributed by atoms with van der Waals surface area (Å²) in [5, 5.41) is 5.13. The van der Waals surface area contributed by atoms with E-state index in [0.717, 1.165) is 23.7 Å². The van der Waals surface area contributed by atoms with Crippen LogP contribution < -0.4 is 16.4 Å². The number of aryl methyl sites for hydroxylation is 1. The molecule has 2 N–H and O–H groups in total. The first kappa shape index (κ1) is 20.7. The van der Waals surface area contributed by atoms with E-state index in [0.29, 0.717) is 22.9 Å². The van der Waals surface area contributed by atoms with Crippen LogP contribution in [0.4, 0.5) is 0 Å². The van der Waals surface area contributed by atoms with E-state index in [1.54, 1.807) is 48.5 Å². The number of carbonyl (C=O) groups is 2. The lowest BCUT2D eigenvalue weighted by atomic mass is 10.1.